The summed E-state index contributed by atoms with van der Waals surface area (Å²) in [7, 11) is 0. The van der Waals surface area contributed by atoms with Crippen LogP contribution >= 0.6 is 23.2 Å². The van der Waals surface area contributed by atoms with E-state index in [1.165, 1.54) is 30.3 Å². The third-order valence-corrected chi connectivity index (χ3v) is 3.26. The van der Waals surface area contributed by atoms with Crippen molar-refractivity contribution in [2.45, 2.75) is 6.42 Å². The normalized spacial score (nSPS) is 10.5. The van der Waals surface area contributed by atoms with E-state index in [1.807, 2.05) is 0 Å². The Morgan fingerprint density at radius 2 is 1.79 bits per heavy atom. The van der Waals surface area contributed by atoms with Crippen molar-refractivity contribution >= 4 is 29.0 Å². The fourth-order valence-corrected chi connectivity index (χ4v) is 2.06. The predicted molar refractivity (Wildman–Crippen MR) is 70.9 cm³/mol. The predicted octanol–water partition coefficient (Wildman–Crippen LogP) is 4.70. The lowest BCUT2D eigenvalue weighted by Crippen LogP contribution is -2.07. The number of benzene rings is 2. The maximum atomic E-state index is 13.7. The first-order chi connectivity index (χ1) is 8.99. The molecule has 0 fully saturated rings. The van der Waals surface area contributed by atoms with Crippen molar-refractivity contribution in [1.29, 1.82) is 0 Å². The maximum absolute atomic E-state index is 13.7. The van der Waals surface area contributed by atoms with Gasteiger partial charge >= 0.3 is 0 Å². The lowest BCUT2D eigenvalue weighted by molar-refractivity contribution is 0.0989. The molecular formula is C14H8Cl2F2O. The van der Waals surface area contributed by atoms with Gasteiger partial charge in [0.25, 0.3) is 0 Å². The molecule has 0 spiro atoms. The van der Waals surface area contributed by atoms with E-state index in [0.717, 1.165) is 6.07 Å². The van der Waals surface area contributed by atoms with Crippen molar-refractivity contribution < 1.29 is 13.6 Å². The van der Waals surface area contributed by atoms with Crippen molar-refractivity contribution in [3.05, 3.63) is 69.2 Å². The van der Waals surface area contributed by atoms with Gasteiger partial charge in [-0.1, -0.05) is 35.3 Å². The number of hydrogen-bond donors (Lipinski definition) is 0. The monoisotopic (exact) mass is 300 g/mol. The van der Waals surface area contributed by atoms with E-state index in [2.05, 4.69) is 0 Å². The molecule has 0 atom stereocenters. The number of rotatable bonds is 3. The van der Waals surface area contributed by atoms with Gasteiger partial charge in [0.05, 0.1) is 10.6 Å². The highest BCUT2D eigenvalue weighted by atomic mass is 35.5. The number of carbonyl (C=O) groups is 1. The summed E-state index contributed by atoms with van der Waals surface area (Å²) < 4.78 is 26.6. The summed E-state index contributed by atoms with van der Waals surface area (Å²) in [5.74, 6) is -1.71. The van der Waals surface area contributed by atoms with E-state index in [0.29, 0.717) is 5.56 Å². The first kappa shape index (κ1) is 14.0. The lowest BCUT2D eigenvalue weighted by Gasteiger charge is -2.06. The van der Waals surface area contributed by atoms with Crippen LogP contribution in [0.25, 0.3) is 0 Å². The Kier molecular flexibility index (Phi) is 4.17. The minimum atomic E-state index is -0.757. The van der Waals surface area contributed by atoms with Crippen LogP contribution < -0.4 is 0 Å². The molecule has 2 aromatic rings. The van der Waals surface area contributed by atoms with Crippen LogP contribution in [-0.2, 0) is 6.42 Å². The van der Waals surface area contributed by atoms with Gasteiger partial charge in [-0.25, -0.2) is 8.78 Å². The van der Waals surface area contributed by atoms with E-state index in [-0.39, 0.29) is 22.0 Å². The van der Waals surface area contributed by atoms with Crippen molar-refractivity contribution in [1.82, 2.24) is 0 Å². The lowest BCUT2D eigenvalue weighted by atomic mass is 10.0. The minimum absolute atomic E-state index is 0.104. The number of ketones is 1. The largest absolute Gasteiger partial charge is 0.294 e. The third kappa shape index (κ3) is 3.11. The summed E-state index contributed by atoms with van der Waals surface area (Å²) in [5.41, 5.74) is 0.334. The molecule has 5 heteroatoms. The molecule has 0 radical (unpaired) electrons. The summed E-state index contributed by atoms with van der Waals surface area (Å²) in [6.07, 6.45) is -0.115. The number of halogens is 4. The average molecular weight is 301 g/mol. The molecule has 0 aliphatic carbocycles. The molecule has 0 unspecified atom stereocenters. The van der Waals surface area contributed by atoms with Crippen LogP contribution in [0.15, 0.2) is 36.4 Å². The minimum Gasteiger partial charge on any atom is -0.294 e. The van der Waals surface area contributed by atoms with Crippen LogP contribution in [0.3, 0.4) is 0 Å². The topological polar surface area (TPSA) is 17.1 Å². The highest BCUT2D eigenvalue weighted by molar-refractivity contribution is 6.32. The molecular weight excluding hydrogens is 293 g/mol. The van der Waals surface area contributed by atoms with Crippen molar-refractivity contribution in [2.24, 2.45) is 0 Å². The fourth-order valence-electron chi connectivity index (χ4n) is 1.65. The van der Waals surface area contributed by atoms with Crippen molar-refractivity contribution in [3.8, 4) is 0 Å². The molecule has 0 heterocycles. The van der Waals surface area contributed by atoms with Gasteiger partial charge in [0, 0.05) is 11.4 Å². The van der Waals surface area contributed by atoms with Gasteiger partial charge in [0.1, 0.15) is 5.82 Å². The highest BCUT2D eigenvalue weighted by Crippen LogP contribution is 2.22. The second-order valence-electron chi connectivity index (χ2n) is 3.94. The van der Waals surface area contributed by atoms with Gasteiger partial charge in [0.15, 0.2) is 11.6 Å². The Labute approximate surface area is 118 Å². The molecule has 0 aliphatic heterocycles. The highest BCUT2D eigenvalue weighted by Gasteiger charge is 2.16. The van der Waals surface area contributed by atoms with E-state index in [4.69, 9.17) is 23.2 Å². The maximum Gasteiger partial charge on any atom is 0.170 e. The second kappa shape index (κ2) is 5.68. The Morgan fingerprint density at radius 1 is 1.05 bits per heavy atom. The van der Waals surface area contributed by atoms with Crippen LogP contribution in [0.4, 0.5) is 8.78 Å². The molecule has 0 aromatic heterocycles. The van der Waals surface area contributed by atoms with Gasteiger partial charge in [0.2, 0.25) is 0 Å². The van der Waals surface area contributed by atoms with Crippen LogP contribution in [0.2, 0.25) is 10.0 Å². The van der Waals surface area contributed by atoms with E-state index < -0.39 is 17.4 Å². The molecule has 0 amide bonds. The molecule has 1 nitrogen and oxygen atoms in total. The Bertz CT molecular complexity index is 641. The molecule has 0 aliphatic rings. The summed E-state index contributed by atoms with van der Waals surface area (Å²) in [6.45, 7) is 0. The standard InChI is InChI=1S/C14H8Cl2F2O/c15-11-3-1-2-10(14(11)18)13(19)6-8-4-5-9(17)7-12(8)16/h1-5,7H,6H2. The summed E-state index contributed by atoms with van der Waals surface area (Å²) >= 11 is 11.4. The zero-order valence-corrected chi connectivity index (χ0v) is 11.1. The zero-order valence-electron chi connectivity index (χ0n) is 9.59. The summed E-state index contributed by atoms with van der Waals surface area (Å²) in [6, 6.07) is 7.91. The van der Waals surface area contributed by atoms with Crippen LogP contribution in [-0.4, -0.2) is 5.78 Å². The second-order valence-corrected chi connectivity index (χ2v) is 4.75. The summed E-state index contributed by atoms with van der Waals surface area (Å²) in [5, 5.41) is 0.0202. The fraction of sp³-hybridized carbons (Fsp3) is 0.0714. The third-order valence-electron chi connectivity index (χ3n) is 2.62. The van der Waals surface area contributed by atoms with Gasteiger partial charge in [-0.2, -0.15) is 0 Å². The van der Waals surface area contributed by atoms with E-state index in [1.54, 1.807) is 0 Å². The number of hydrogen-bond acceptors (Lipinski definition) is 1. The molecule has 0 saturated carbocycles. The smallest absolute Gasteiger partial charge is 0.170 e. The molecule has 0 saturated heterocycles. The van der Waals surface area contributed by atoms with Crippen molar-refractivity contribution in [3.63, 3.8) is 0 Å². The number of carbonyl (C=O) groups excluding carboxylic acids is 1. The molecule has 98 valence electrons. The Balaban J connectivity index is 2.28. The molecule has 19 heavy (non-hydrogen) atoms. The van der Waals surface area contributed by atoms with Gasteiger partial charge < -0.3 is 0 Å². The van der Waals surface area contributed by atoms with Crippen LogP contribution in [0, 0.1) is 11.6 Å². The Hall–Kier alpha value is -1.45. The van der Waals surface area contributed by atoms with Gasteiger partial charge in [-0.05, 0) is 29.8 Å². The molecule has 0 bridgehead atoms. The van der Waals surface area contributed by atoms with E-state index >= 15 is 0 Å². The zero-order chi connectivity index (χ0) is 14.0. The SMILES string of the molecule is O=C(Cc1ccc(F)cc1Cl)c1cccc(Cl)c1F. The quantitative estimate of drug-likeness (QED) is 0.751. The number of Topliss-reactive ketones (excluding diaryl/α,β-unsaturated/α-hetero) is 1. The average Bonchev–Trinajstić information content (AvgIpc) is 2.36. The molecule has 2 rings (SSSR count). The molecule has 2 aromatic carbocycles. The van der Waals surface area contributed by atoms with E-state index in [9.17, 15) is 13.6 Å². The first-order valence-corrected chi connectivity index (χ1v) is 6.16. The van der Waals surface area contributed by atoms with Crippen LogP contribution in [0.1, 0.15) is 15.9 Å². The van der Waals surface area contributed by atoms with Gasteiger partial charge in [-0.3, -0.25) is 4.79 Å². The van der Waals surface area contributed by atoms with Crippen LogP contribution in [0.5, 0.6) is 0 Å². The van der Waals surface area contributed by atoms with Gasteiger partial charge in [-0.15, -0.1) is 0 Å². The Morgan fingerprint density at radius 3 is 2.47 bits per heavy atom. The summed E-state index contributed by atoms with van der Waals surface area (Å²) in [4.78, 5) is 12.0. The molecule has 0 N–H and O–H groups in total. The first-order valence-electron chi connectivity index (χ1n) is 5.40. The van der Waals surface area contributed by atoms with Crippen molar-refractivity contribution in [2.75, 3.05) is 0 Å².